The summed E-state index contributed by atoms with van der Waals surface area (Å²) in [7, 11) is 0. The van der Waals surface area contributed by atoms with E-state index in [1.54, 1.807) is 12.7 Å². The van der Waals surface area contributed by atoms with Crippen LogP contribution in [0.5, 0.6) is 0 Å². The van der Waals surface area contributed by atoms with Crippen molar-refractivity contribution in [1.82, 2.24) is 24.1 Å². The minimum atomic E-state index is 0.610. The van der Waals surface area contributed by atoms with Gasteiger partial charge in [0, 0.05) is 27.2 Å². The minimum Gasteiger partial charge on any atom is -0.307 e. The lowest BCUT2D eigenvalue weighted by atomic mass is 10.0. The van der Waals surface area contributed by atoms with Crippen molar-refractivity contribution in [3.63, 3.8) is 0 Å². The Bertz CT molecular complexity index is 2090. The van der Waals surface area contributed by atoms with Crippen LogP contribution in [0.25, 0.3) is 66.0 Å². The molecule has 5 aromatic carbocycles. The van der Waals surface area contributed by atoms with E-state index >= 15 is 0 Å². The maximum absolute atomic E-state index is 4.57. The highest BCUT2D eigenvalue weighted by atomic mass is 15.2. The Balaban J connectivity index is 1.71. The van der Waals surface area contributed by atoms with E-state index in [0.29, 0.717) is 5.95 Å². The highest BCUT2D eigenvalue weighted by molar-refractivity contribution is 6.28. The van der Waals surface area contributed by atoms with E-state index in [4.69, 9.17) is 0 Å². The standard InChI is InChI=1S/C31H19N5/c1-2-9-21(10-3-1)35-27-17-14-20-8-4-5-11-22(20)28(27)25-16-15-24-23-12-6-7-13-26(23)36(29(24)30(25)35)31-33-18-32-19-34-31/h1-19H. The van der Waals surface area contributed by atoms with Crippen LogP contribution in [0, 0.1) is 0 Å². The Labute approximate surface area is 205 Å². The first-order chi connectivity index (χ1) is 17.9. The molecular formula is C31H19N5. The van der Waals surface area contributed by atoms with Crippen LogP contribution in [-0.4, -0.2) is 24.1 Å². The number of fused-ring (bicyclic) bond motifs is 9. The third-order valence-corrected chi connectivity index (χ3v) is 7.14. The van der Waals surface area contributed by atoms with Gasteiger partial charge in [-0.15, -0.1) is 0 Å². The summed E-state index contributed by atoms with van der Waals surface area (Å²) >= 11 is 0. The molecule has 8 rings (SSSR count). The van der Waals surface area contributed by atoms with E-state index in [0.717, 1.165) is 22.2 Å². The monoisotopic (exact) mass is 461 g/mol. The summed E-state index contributed by atoms with van der Waals surface area (Å²) in [6.45, 7) is 0. The molecule has 0 bridgehead atoms. The first-order valence-corrected chi connectivity index (χ1v) is 12.0. The van der Waals surface area contributed by atoms with Gasteiger partial charge >= 0.3 is 0 Å². The summed E-state index contributed by atoms with van der Waals surface area (Å²) in [5, 5.41) is 7.27. The summed E-state index contributed by atoms with van der Waals surface area (Å²) < 4.78 is 4.56. The Morgan fingerprint density at radius 2 is 1.17 bits per heavy atom. The maximum atomic E-state index is 4.57. The molecule has 0 aliphatic heterocycles. The van der Waals surface area contributed by atoms with Crippen molar-refractivity contribution in [2.24, 2.45) is 0 Å². The fourth-order valence-corrected chi connectivity index (χ4v) is 5.72. The van der Waals surface area contributed by atoms with E-state index in [-0.39, 0.29) is 0 Å². The molecule has 0 unspecified atom stereocenters. The lowest BCUT2D eigenvalue weighted by molar-refractivity contribution is 0.939. The van der Waals surface area contributed by atoms with Crippen LogP contribution in [0.3, 0.4) is 0 Å². The largest absolute Gasteiger partial charge is 0.307 e. The van der Waals surface area contributed by atoms with Crippen LogP contribution in [0.15, 0.2) is 116 Å². The maximum Gasteiger partial charge on any atom is 0.237 e. The summed E-state index contributed by atoms with van der Waals surface area (Å²) in [5.41, 5.74) is 5.59. The Kier molecular flexibility index (Phi) is 3.88. The molecule has 36 heavy (non-hydrogen) atoms. The normalized spacial score (nSPS) is 11.9. The summed E-state index contributed by atoms with van der Waals surface area (Å²) in [6, 6.07) is 36.6. The van der Waals surface area contributed by atoms with Crippen LogP contribution >= 0.6 is 0 Å². The molecule has 0 spiro atoms. The Morgan fingerprint density at radius 1 is 0.472 bits per heavy atom. The number of rotatable bonds is 2. The first kappa shape index (κ1) is 19.3. The van der Waals surface area contributed by atoms with Gasteiger partial charge in [0.15, 0.2) is 0 Å². The molecule has 3 heterocycles. The van der Waals surface area contributed by atoms with Gasteiger partial charge in [0.05, 0.1) is 22.1 Å². The third-order valence-electron chi connectivity index (χ3n) is 7.14. The molecule has 0 N–H and O–H groups in total. The lowest BCUT2D eigenvalue weighted by Crippen LogP contribution is -2.02. The quantitative estimate of drug-likeness (QED) is 0.273. The van der Waals surface area contributed by atoms with Gasteiger partial charge in [0.2, 0.25) is 5.95 Å². The number of hydrogen-bond acceptors (Lipinski definition) is 3. The molecule has 0 saturated heterocycles. The van der Waals surface area contributed by atoms with Crippen molar-refractivity contribution in [3.8, 4) is 11.6 Å². The van der Waals surface area contributed by atoms with Crippen LogP contribution in [-0.2, 0) is 0 Å². The highest BCUT2D eigenvalue weighted by Crippen LogP contribution is 2.43. The number of benzene rings is 5. The lowest BCUT2D eigenvalue weighted by Gasteiger charge is -2.11. The van der Waals surface area contributed by atoms with E-state index in [1.165, 1.54) is 37.8 Å². The second-order valence-corrected chi connectivity index (χ2v) is 9.00. The SMILES string of the molecule is c1ccc(-n2c3ccc4ccccc4c3c3ccc4c5ccccc5n(-c5ncncn5)c4c32)cc1. The molecule has 0 saturated carbocycles. The van der Waals surface area contributed by atoms with Gasteiger partial charge in [-0.2, -0.15) is 0 Å². The fourth-order valence-electron chi connectivity index (χ4n) is 5.72. The molecule has 0 aliphatic rings. The molecule has 168 valence electrons. The topological polar surface area (TPSA) is 48.5 Å². The van der Waals surface area contributed by atoms with Crippen LogP contribution in [0.2, 0.25) is 0 Å². The zero-order valence-corrected chi connectivity index (χ0v) is 19.2. The number of nitrogens with zero attached hydrogens (tertiary/aromatic N) is 5. The van der Waals surface area contributed by atoms with Gasteiger partial charge in [-0.05, 0) is 35.0 Å². The van der Waals surface area contributed by atoms with Crippen LogP contribution in [0.4, 0.5) is 0 Å². The van der Waals surface area contributed by atoms with Gasteiger partial charge in [-0.1, -0.05) is 78.9 Å². The fraction of sp³-hybridized carbons (Fsp3) is 0. The number of aromatic nitrogens is 5. The zero-order chi connectivity index (χ0) is 23.6. The molecule has 0 amide bonds. The van der Waals surface area contributed by atoms with Crippen molar-refractivity contribution in [2.75, 3.05) is 0 Å². The average Bonchev–Trinajstić information content (AvgIpc) is 3.47. The van der Waals surface area contributed by atoms with Crippen molar-refractivity contribution in [3.05, 3.63) is 116 Å². The summed E-state index contributed by atoms with van der Waals surface area (Å²) in [6.07, 6.45) is 3.12. The van der Waals surface area contributed by atoms with E-state index in [2.05, 4.69) is 127 Å². The smallest absolute Gasteiger partial charge is 0.237 e. The highest BCUT2D eigenvalue weighted by Gasteiger charge is 2.22. The van der Waals surface area contributed by atoms with Gasteiger partial charge in [-0.3, -0.25) is 4.57 Å². The molecule has 8 aromatic rings. The second kappa shape index (κ2) is 7.23. The molecule has 5 nitrogen and oxygen atoms in total. The van der Waals surface area contributed by atoms with Gasteiger partial charge in [-0.25, -0.2) is 15.0 Å². The Hall–Kier alpha value is -5.03. The Morgan fingerprint density at radius 3 is 2.03 bits per heavy atom. The molecular weight excluding hydrogens is 442 g/mol. The minimum absolute atomic E-state index is 0.610. The molecule has 0 radical (unpaired) electrons. The van der Waals surface area contributed by atoms with Crippen molar-refractivity contribution < 1.29 is 0 Å². The number of para-hydroxylation sites is 2. The van der Waals surface area contributed by atoms with Crippen LogP contribution in [0.1, 0.15) is 0 Å². The molecule has 0 aliphatic carbocycles. The predicted octanol–water partition coefficient (Wildman–Crippen LogP) is 7.22. The molecule has 0 fully saturated rings. The molecule has 3 aromatic heterocycles. The van der Waals surface area contributed by atoms with Gasteiger partial charge < -0.3 is 4.57 Å². The third kappa shape index (κ3) is 2.51. The van der Waals surface area contributed by atoms with Gasteiger partial charge in [0.1, 0.15) is 12.7 Å². The van der Waals surface area contributed by atoms with Crippen LogP contribution < -0.4 is 0 Å². The molecule has 0 atom stereocenters. The molecule has 5 heteroatoms. The van der Waals surface area contributed by atoms with E-state index < -0.39 is 0 Å². The van der Waals surface area contributed by atoms with Crippen molar-refractivity contribution in [1.29, 1.82) is 0 Å². The van der Waals surface area contributed by atoms with Crippen molar-refractivity contribution in [2.45, 2.75) is 0 Å². The summed E-state index contributed by atoms with van der Waals surface area (Å²) in [4.78, 5) is 13.2. The van der Waals surface area contributed by atoms with Crippen molar-refractivity contribution >= 4 is 54.4 Å². The zero-order valence-electron chi connectivity index (χ0n) is 19.2. The van der Waals surface area contributed by atoms with Gasteiger partial charge in [0.25, 0.3) is 0 Å². The predicted molar refractivity (Wildman–Crippen MR) is 146 cm³/mol. The van der Waals surface area contributed by atoms with E-state index in [1.807, 2.05) is 0 Å². The second-order valence-electron chi connectivity index (χ2n) is 9.00. The summed E-state index contributed by atoms with van der Waals surface area (Å²) in [5.74, 6) is 0.610. The average molecular weight is 462 g/mol. The number of hydrogen-bond donors (Lipinski definition) is 0. The first-order valence-electron chi connectivity index (χ1n) is 12.0. The van der Waals surface area contributed by atoms with E-state index in [9.17, 15) is 0 Å².